The van der Waals surface area contributed by atoms with Crippen molar-refractivity contribution in [1.82, 2.24) is 0 Å². The fourth-order valence-corrected chi connectivity index (χ4v) is 3.51. The second-order valence-electron chi connectivity index (χ2n) is 5.93. The van der Waals surface area contributed by atoms with Gasteiger partial charge in [0.05, 0.1) is 4.90 Å². The minimum atomic E-state index is -3.21. The molecule has 0 fully saturated rings. The van der Waals surface area contributed by atoms with Crippen molar-refractivity contribution in [2.45, 2.75) is 23.9 Å². The van der Waals surface area contributed by atoms with E-state index < -0.39 is 15.5 Å². The molecule has 0 bridgehead atoms. The molecule has 0 radical (unpaired) electrons. The summed E-state index contributed by atoms with van der Waals surface area (Å²) in [6, 6.07) is 14.2. The Morgan fingerprint density at radius 1 is 1.09 bits per heavy atom. The summed E-state index contributed by atoms with van der Waals surface area (Å²) in [6.45, 7) is 1.59. The second kappa shape index (κ2) is 5.06. The summed E-state index contributed by atoms with van der Waals surface area (Å²) in [5.74, 6) is 0. The first-order chi connectivity index (χ1) is 10.3. The highest BCUT2D eigenvalue weighted by Crippen LogP contribution is 2.43. The van der Waals surface area contributed by atoms with Crippen LogP contribution in [0.3, 0.4) is 0 Å². The molecule has 2 aromatic carbocycles. The molecule has 3 rings (SSSR count). The topological polar surface area (TPSA) is 34.1 Å². The molecule has 1 aliphatic rings. The Morgan fingerprint density at radius 3 is 2.36 bits per heavy atom. The van der Waals surface area contributed by atoms with Crippen LogP contribution in [-0.2, 0) is 16.3 Å². The molecule has 1 unspecified atom stereocenters. The molecule has 22 heavy (non-hydrogen) atoms. The first-order valence-electron chi connectivity index (χ1n) is 7.07. The summed E-state index contributed by atoms with van der Waals surface area (Å²) in [6.07, 6.45) is 3.35. The van der Waals surface area contributed by atoms with Crippen molar-refractivity contribution in [3.63, 3.8) is 0 Å². The van der Waals surface area contributed by atoms with E-state index in [4.69, 9.17) is 0 Å². The molecule has 0 aromatic heterocycles. The van der Waals surface area contributed by atoms with Crippen LogP contribution in [0.25, 0.3) is 11.6 Å². The lowest BCUT2D eigenvalue weighted by atomic mass is 9.96. The fourth-order valence-electron chi connectivity index (χ4n) is 2.88. The number of sulfone groups is 1. The molecule has 0 heterocycles. The molecule has 4 heteroatoms. The molecule has 0 saturated carbocycles. The van der Waals surface area contributed by atoms with Crippen molar-refractivity contribution in [2.24, 2.45) is 0 Å². The van der Waals surface area contributed by atoms with Crippen LogP contribution in [0.4, 0.5) is 4.39 Å². The minimum absolute atomic E-state index is 0.268. The first-order valence-corrected chi connectivity index (χ1v) is 8.96. The van der Waals surface area contributed by atoms with Crippen molar-refractivity contribution in [3.05, 3.63) is 65.2 Å². The van der Waals surface area contributed by atoms with E-state index in [2.05, 4.69) is 0 Å². The van der Waals surface area contributed by atoms with Crippen LogP contribution in [0.15, 0.2) is 53.4 Å². The van der Waals surface area contributed by atoms with Crippen molar-refractivity contribution >= 4 is 21.5 Å². The number of fused-ring (bicyclic) bond motifs is 1. The molecule has 0 saturated heterocycles. The summed E-state index contributed by atoms with van der Waals surface area (Å²) in [4.78, 5) is 0.268. The van der Waals surface area contributed by atoms with E-state index in [1.54, 1.807) is 37.3 Å². The van der Waals surface area contributed by atoms with E-state index in [-0.39, 0.29) is 4.90 Å². The van der Waals surface area contributed by atoms with Crippen molar-refractivity contribution in [3.8, 4) is 0 Å². The van der Waals surface area contributed by atoms with Crippen LogP contribution in [0, 0.1) is 0 Å². The van der Waals surface area contributed by atoms with Gasteiger partial charge in [0.1, 0.15) is 5.67 Å². The third kappa shape index (κ3) is 2.71. The lowest BCUT2D eigenvalue weighted by Gasteiger charge is -2.15. The Labute approximate surface area is 130 Å². The van der Waals surface area contributed by atoms with Crippen LogP contribution in [0.5, 0.6) is 0 Å². The Kier molecular flexibility index (Phi) is 3.44. The average molecular weight is 316 g/mol. The molecule has 2 aromatic rings. The van der Waals surface area contributed by atoms with Crippen LogP contribution >= 0.6 is 0 Å². The molecule has 0 spiro atoms. The molecular formula is C18H17FO2S. The minimum Gasteiger partial charge on any atom is -0.239 e. The quantitative estimate of drug-likeness (QED) is 0.841. The number of hydrogen-bond donors (Lipinski definition) is 0. The summed E-state index contributed by atoms with van der Waals surface area (Å²) in [7, 11) is -3.21. The smallest absolute Gasteiger partial charge is 0.175 e. The molecule has 114 valence electrons. The maximum atomic E-state index is 14.9. The van der Waals surface area contributed by atoms with Gasteiger partial charge in [0.25, 0.3) is 0 Å². The zero-order chi connectivity index (χ0) is 16.0. The highest BCUT2D eigenvalue weighted by atomic mass is 32.2. The largest absolute Gasteiger partial charge is 0.239 e. The second-order valence-corrected chi connectivity index (χ2v) is 7.95. The summed E-state index contributed by atoms with van der Waals surface area (Å²) in [5, 5.41) is 0. The number of rotatable bonds is 2. The van der Waals surface area contributed by atoms with E-state index in [0.29, 0.717) is 12.0 Å². The molecule has 0 aliphatic heterocycles. The van der Waals surface area contributed by atoms with Crippen LogP contribution < -0.4 is 0 Å². The van der Waals surface area contributed by atoms with Gasteiger partial charge in [-0.1, -0.05) is 36.4 Å². The van der Waals surface area contributed by atoms with E-state index in [0.717, 1.165) is 16.7 Å². The lowest BCUT2D eigenvalue weighted by molar-refractivity contribution is 0.280. The normalized spacial score (nSPS) is 22.8. The molecular weight excluding hydrogens is 299 g/mol. The van der Waals surface area contributed by atoms with E-state index >= 15 is 0 Å². The van der Waals surface area contributed by atoms with Gasteiger partial charge in [-0.15, -0.1) is 0 Å². The van der Waals surface area contributed by atoms with Gasteiger partial charge in [-0.3, -0.25) is 0 Å². The number of benzene rings is 2. The number of allylic oxidation sites excluding steroid dienone is 1. The maximum absolute atomic E-state index is 14.9. The summed E-state index contributed by atoms with van der Waals surface area (Å²) < 4.78 is 37.8. The number of hydrogen-bond acceptors (Lipinski definition) is 2. The van der Waals surface area contributed by atoms with Crippen molar-refractivity contribution in [1.29, 1.82) is 0 Å². The average Bonchev–Trinajstić information content (AvgIpc) is 2.69. The van der Waals surface area contributed by atoms with Crippen molar-refractivity contribution in [2.75, 3.05) is 6.26 Å². The van der Waals surface area contributed by atoms with Gasteiger partial charge in [0.15, 0.2) is 9.84 Å². The maximum Gasteiger partial charge on any atom is 0.175 e. The first kappa shape index (κ1) is 15.0. The van der Waals surface area contributed by atoms with Gasteiger partial charge in [-0.25, -0.2) is 12.8 Å². The number of halogens is 1. The van der Waals surface area contributed by atoms with Gasteiger partial charge < -0.3 is 0 Å². The SMILES string of the molecule is CC1(F)Cc2ccccc2C1=Cc1ccc(S(C)(=O)=O)cc1. The highest BCUT2D eigenvalue weighted by Gasteiger charge is 2.37. The molecule has 0 amide bonds. The molecule has 1 aliphatic carbocycles. The highest BCUT2D eigenvalue weighted by molar-refractivity contribution is 7.90. The summed E-state index contributed by atoms with van der Waals surface area (Å²) in [5.41, 5.74) is 1.98. The fraction of sp³-hybridized carbons (Fsp3) is 0.222. The van der Waals surface area contributed by atoms with E-state index in [9.17, 15) is 12.8 Å². The summed E-state index contributed by atoms with van der Waals surface area (Å²) >= 11 is 0. The third-order valence-electron chi connectivity index (χ3n) is 4.01. The van der Waals surface area contributed by atoms with Crippen LogP contribution in [-0.4, -0.2) is 20.3 Å². The Morgan fingerprint density at radius 2 is 1.73 bits per heavy atom. The monoisotopic (exact) mass is 316 g/mol. The predicted molar refractivity (Wildman–Crippen MR) is 87.1 cm³/mol. The van der Waals surface area contributed by atoms with Crippen LogP contribution in [0.2, 0.25) is 0 Å². The predicted octanol–water partition coefficient (Wildman–Crippen LogP) is 3.92. The van der Waals surface area contributed by atoms with Gasteiger partial charge in [0, 0.05) is 12.7 Å². The lowest BCUT2D eigenvalue weighted by Crippen LogP contribution is -2.16. The Bertz CT molecular complexity index is 847. The standard InChI is InChI=1S/C18H17FO2S/c1-18(19)12-14-5-3-4-6-16(14)17(18)11-13-7-9-15(10-8-13)22(2,20)21/h3-11H,12H2,1-2H3. The zero-order valence-electron chi connectivity index (χ0n) is 12.5. The Hall–Kier alpha value is -1.94. The number of alkyl halides is 1. The zero-order valence-corrected chi connectivity index (χ0v) is 13.3. The Balaban J connectivity index is 2.05. The van der Waals surface area contributed by atoms with Gasteiger partial charge in [0.2, 0.25) is 0 Å². The van der Waals surface area contributed by atoms with Gasteiger partial charge in [-0.2, -0.15) is 0 Å². The molecule has 2 nitrogen and oxygen atoms in total. The van der Waals surface area contributed by atoms with E-state index in [1.165, 1.54) is 6.26 Å². The van der Waals surface area contributed by atoms with E-state index in [1.807, 2.05) is 24.3 Å². The van der Waals surface area contributed by atoms with Gasteiger partial charge in [-0.05, 0) is 47.4 Å². The van der Waals surface area contributed by atoms with Gasteiger partial charge >= 0.3 is 0 Å². The molecule has 1 atom stereocenters. The third-order valence-corrected chi connectivity index (χ3v) is 5.14. The van der Waals surface area contributed by atoms with Crippen LogP contribution in [0.1, 0.15) is 23.6 Å². The van der Waals surface area contributed by atoms with Crippen molar-refractivity contribution < 1.29 is 12.8 Å². The molecule has 0 N–H and O–H groups in total.